The molecule has 1 atom stereocenters. The van der Waals surface area contributed by atoms with Gasteiger partial charge in [-0.2, -0.15) is 5.10 Å². The zero-order valence-corrected chi connectivity index (χ0v) is 15.9. The van der Waals surface area contributed by atoms with Crippen molar-refractivity contribution in [2.45, 2.75) is 53.6 Å². The van der Waals surface area contributed by atoms with Crippen LogP contribution in [0.5, 0.6) is 0 Å². The third-order valence-corrected chi connectivity index (χ3v) is 6.13. The smallest absolute Gasteiger partial charge is 0.0738 e. The summed E-state index contributed by atoms with van der Waals surface area (Å²) in [7, 11) is 0. The molecule has 1 N–H and O–H groups in total. The first-order chi connectivity index (χ1) is 9.97. The number of hydrogen-bond donors (Lipinski definition) is 1. The van der Waals surface area contributed by atoms with Gasteiger partial charge in [-0.1, -0.05) is 6.92 Å². The number of likely N-dealkylation sites (N-methyl/N-ethyl adjacent to an activating group) is 1. The van der Waals surface area contributed by atoms with Crippen LogP contribution in [-0.4, -0.2) is 16.3 Å². The summed E-state index contributed by atoms with van der Waals surface area (Å²) in [6.45, 7) is 12.6. The highest BCUT2D eigenvalue weighted by molar-refractivity contribution is 9.10. The summed E-state index contributed by atoms with van der Waals surface area (Å²) in [5.41, 5.74) is 3.74. The predicted octanol–water partition coefficient (Wildman–Crippen LogP) is 4.55. The van der Waals surface area contributed by atoms with E-state index in [1.807, 2.05) is 11.3 Å². The molecule has 0 aliphatic heterocycles. The number of aryl methyl sites for hydroxylation is 4. The molecule has 0 aliphatic rings. The second-order valence-corrected chi connectivity index (χ2v) is 7.45. The van der Waals surface area contributed by atoms with Gasteiger partial charge >= 0.3 is 0 Å². The van der Waals surface area contributed by atoms with E-state index in [-0.39, 0.29) is 0 Å². The SMILES string of the molecule is CCNC(Cc1c(Br)c(C)nn1CC)c1cc(C)c(C)s1. The van der Waals surface area contributed by atoms with Crippen LogP contribution in [0.25, 0.3) is 0 Å². The molecular weight excluding hydrogens is 346 g/mol. The average Bonchev–Trinajstić information content (AvgIpc) is 2.92. The molecule has 0 saturated carbocycles. The quantitative estimate of drug-likeness (QED) is 0.809. The Labute approximate surface area is 139 Å². The highest BCUT2D eigenvalue weighted by Gasteiger charge is 2.20. The number of rotatable bonds is 6. The Kier molecular flexibility index (Phi) is 5.63. The van der Waals surface area contributed by atoms with Gasteiger partial charge in [-0.15, -0.1) is 11.3 Å². The van der Waals surface area contributed by atoms with Crippen LogP contribution in [-0.2, 0) is 13.0 Å². The van der Waals surface area contributed by atoms with E-state index in [1.54, 1.807) is 0 Å². The molecule has 5 heteroatoms. The van der Waals surface area contributed by atoms with Crippen LogP contribution >= 0.6 is 27.3 Å². The molecule has 21 heavy (non-hydrogen) atoms. The van der Waals surface area contributed by atoms with E-state index in [0.717, 1.165) is 29.7 Å². The first kappa shape index (κ1) is 16.7. The minimum atomic E-state index is 0.352. The summed E-state index contributed by atoms with van der Waals surface area (Å²) < 4.78 is 3.26. The molecule has 0 spiro atoms. The predicted molar refractivity (Wildman–Crippen MR) is 94.3 cm³/mol. The lowest BCUT2D eigenvalue weighted by atomic mass is 10.1. The molecule has 2 aromatic rings. The van der Waals surface area contributed by atoms with Gasteiger partial charge in [0.1, 0.15) is 0 Å². The molecule has 2 rings (SSSR count). The standard InChI is InChI=1S/C16H24BrN3S/c1-6-18-13(15-8-10(3)12(5)21-15)9-14-16(17)11(4)19-20(14)7-2/h8,13,18H,6-7,9H2,1-5H3. The van der Waals surface area contributed by atoms with Gasteiger partial charge in [-0.25, -0.2) is 0 Å². The largest absolute Gasteiger partial charge is 0.309 e. The van der Waals surface area contributed by atoms with Crippen LogP contribution in [0.15, 0.2) is 10.5 Å². The topological polar surface area (TPSA) is 29.9 Å². The zero-order valence-electron chi connectivity index (χ0n) is 13.5. The Morgan fingerprint density at radius 2 is 2.05 bits per heavy atom. The summed E-state index contributed by atoms with van der Waals surface area (Å²) in [6, 6.07) is 2.67. The molecule has 0 amide bonds. The Balaban J connectivity index is 2.32. The van der Waals surface area contributed by atoms with E-state index < -0.39 is 0 Å². The number of halogens is 1. The van der Waals surface area contributed by atoms with E-state index in [4.69, 9.17) is 0 Å². The van der Waals surface area contributed by atoms with Crippen molar-refractivity contribution in [1.82, 2.24) is 15.1 Å². The molecule has 0 radical (unpaired) electrons. The number of nitrogens with zero attached hydrogens (tertiary/aromatic N) is 2. The van der Waals surface area contributed by atoms with Gasteiger partial charge in [0.25, 0.3) is 0 Å². The highest BCUT2D eigenvalue weighted by Crippen LogP contribution is 2.31. The van der Waals surface area contributed by atoms with Crippen molar-refractivity contribution in [2.24, 2.45) is 0 Å². The molecule has 1 unspecified atom stereocenters. The second-order valence-electron chi connectivity index (χ2n) is 5.36. The first-order valence-electron chi connectivity index (χ1n) is 7.49. The van der Waals surface area contributed by atoms with Crippen molar-refractivity contribution < 1.29 is 0 Å². The van der Waals surface area contributed by atoms with Gasteiger partial charge in [0.2, 0.25) is 0 Å². The second kappa shape index (κ2) is 7.07. The van der Waals surface area contributed by atoms with Gasteiger partial charge < -0.3 is 5.32 Å². The van der Waals surface area contributed by atoms with E-state index in [0.29, 0.717) is 6.04 Å². The number of nitrogens with one attached hydrogen (secondary N) is 1. The summed E-state index contributed by atoms with van der Waals surface area (Å²) in [4.78, 5) is 2.83. The van der Waals surface area contributed by atoms with Gasteiger partial charge in [-0.05, 0) is 61.8 Å². The molecule has 0 saturated heterocycles. The Hall–Kier alpha value is -0.650. The van der Waals surface area contributed by atoms with Gasteiger partial charge in [0, 0.05) is 28.8 Å². The van der Waals surface area contributed by atoms with E-state index >= 15 is 0 Å². The van der Waals surface area contributed by atoms with Crippen LogP contribution in [0.3, 0.4) is 0 Å². The van der Waals surface area contributed by atoms with Crippen LogP contribution < -0.4 is 5.32 Å². The summed E-state index contributed by atoms with van der Waals surface area (Å²) in [5.74, 6) is 0. The number of hydrogen-bond acceptors (Lipinski definition) is 3. The van der Waals surface area contributed by atoms with Crippen molar-refractivity contribution in [2.75, 3.05) is 6.54 Å². The normalized spacial score (nSPS) is 12.9. The monoisotopic (exact) mass is 369 g/mol. The van der Waals surface area contributed by atoms with Gasteiger partial charge in [0.15, 0.2) is 0 Å². The maximum Gasteiger partial charge on any atom is 0.0738 e. The van der Waals surface area contributed by atoms with Crippen LogP contribution in [0.4, 0.5) is 0 Å². The van der Waals surface area contributed by atoms with Crippen LogP contribution in [0, 0.1) is 20.8 Å². The van der Waals surface area contributed by atoms with E-state index in [9.17, 15) is 0 Å². The van der Waals surface area contributed by atoms with Crippen molar-refractivity contribution in [3.05, 3.63) is 37.2 Å². The summed E-state index contributed by atoms with van der Waals surface area (Å²) >= 11 is 5.61. The fourth-order valence-electron chi connectivity index (χ4n) is 2.55. The number of aromatic nitrogens is 2. The molecule has 0 aromatic carbocycles. The van der Waals surface area contributed by atoms with Gasteiger partial charge in [-0.3, -0.25) is 4.68 Å². The fourth-order valence-corrected chi connectivity index (χ4v) is 4.11. The molecule has 0 fully saturated rings. The minimum Gasteiger partial charge on any atom is -0.309 e. The third-order valence-electron chi connectivity index (χ3n) is 3.83. The van der Waals surface area contributed by atoms with Crippen LogP contribution in [0.1, 0.15) is 46.6 Å². The van der Waals surface area contributed by atoms with Crippen molar-refractivity contribution in [1.29, 1.82) is 0 Å². The lowest BCUT2D eigenvalue weighted by Gasteiger charge is -2.17. The van der Waals surface area contributed by atoms with Gasteiger partial charge in [0.05, 0.1) is 15.9 Å². The molecule has 2 heterocycles. The van der Waals surface area contributed by atoms with Crippen LogP contribution in [0.2, 0.25) is 0 Å². The molecule has 0 aliphatic carbocycles. The fraction of sp³-hybridized carbons (Fsp3) is 0.562. The zero-order chi connectivity index (χ0) is 15.6. The third kappa shape index (κ3) is 3.58. The maximum atomic E-state index is 4.60. The summed E-state index contributed by atoms with van der Waals surface area (Å²) in [5, 5.41) is 8.23. The van der Waals surface area contributed by atoms with E-state index in [1.165, 1.54) is 21.0 Å². The first-order valence-corrected chi connectivity index (χ1v) is 9.10. The summed E-state index contributed by atoms with van der Waals surface area (Å²) in [6.07, 6.45) is 0.961. The molecule has 0 bridgehead atoms. The van der Waals surface area contributed by atoms with Crippen molar-refractivity contribution >= 4 is 27.3 Å². The molecule has 116 valence electrons. The molecular formula is C16H24BrN3S. The Morgan fingerprint density at radius 1 is 1.33 bits per heavy atom. The van der Waals surface area contributed by atoms with E-state index in [2.05, 4.69) is 71.7 Å². The Morgan fingerprint density at radius 3 is 2.57 bits per heavy atom. The lowest BCUT2D eigenvalue weighted by Crippen LogP contribution is -2.23. The lowest BCUT2D eigenvalue weighted by molar-refractivity contribution is 0.521. The highest BCUT2D eigenvalue weighted by atomic mass is 79.9. The Bertz CT molecular complexity index is 596. The maximum absolute atomic E-state index is 4.60. The van der Waals surface area contributed by atoms with Crippen molar-refractivity contribution in [3.63, 3.8) is 0 Å². The molecule has 2 aromatic heterocycles. The van der Waals surface area contributed by atoms with Crippen molar-refractivity contribution in [3.8, 4) is 0 Å². The minimum absolute atomic E-state index is 0.352. The average molecular weight is 370 g/mol. The molecule has 3 nitrogen and oxygen atoms in total. The number of thiophene rings is 1.